The van der Waals surface area contributed by atoms with E-state index in [1.165, 1.54) is 5.56 Å². The lowest BCUT2D eigenvalue weighted by Crippen LogP contribution is -2.37. The molecule has 0 aromatic heterocycles. The summed E-state index contributed by atoms with van der Waals surface area (Å²) in [5.41, 5.74) is 3.81. The van der Waals surface area contributed by atoms with Crippen molar-refractivity contribution in [1.29, 1.82) is 0 Å². The quantitative estimate of drug-likeness (QED) is 0.892. The number of para-hydroxylation sites is 2. The van der Waals surface area contributed by atoms with Crippen LogP contribution in [0, 0.1) is 6.92 Å². The number of carbonyl (C=O) groups excluding carboxylic acids is 1. The molecule has 136 valence electrons. The largest absolute Gasteiger partial charge is 0.495 e. The smallest absolute Gasteiger partial charge is 0.321 e. The van der Waals surface area contributed by atoms with Gasteiger partial charge in [-0.25, -0.2) is 4.79 Å². The fraction of sp³-hybridized carbons (Fsp3) is 0.300. The zero-order valence-corrected chi connectivity index (χ0v) is 15.2. The van der Waals surface area contributed by atoms with E-state index in [2.05, 4.69) is 29.5 Å². The molecule has 1 aliphatic heterocycles. The molecule has 2 amide bonds. The third-order valence-electron chi connectivity index (χ3n) is 4.29. The maximum absolute atomic E-state index is 12.4. The molecule has 0 saturated heterocycles. The van der Waals surface area contributed by atoms with Crippen molar-refractivity contribution in [3.05, 3.63) is 59.7 Å². The van der Waals surface area contributed by atoms with Crippen LogP contribution in [0.3, 0.4) is 0 Å². The lowest BCUT2D eigenvalue weighted by atomic mass is 10.0. The average molecular weight is 353 g/mol. The topological polar surface area (TPSA) is 63.2 Å². The molecule has 3 rings (SSSR count). The standard InChI is InChI=1S/C20H23N3O3/c1-14-8-10-15(11-9-14)18-12-16(26-22-18)13-23(2)20(24)21-17-6-4-5-7-19(17)25-3/h4-11,16H,12-13H2,1-3H3,(H,21,24). The monoisotopic (exact) mass is 353 g/mol. The van der Waals surface area contributed by atoms with Crippen LogP contribution >= 0.6 is 0 Å². The molecule has 1 N–H and O–H groups in total. The zero-order chi connectivity index (χ0) is 18.5. The van der Waals surface area contributed by atoms with Gasteiger partial charge in [0.2, 0.25) is 0 Å². The van der Waals surface area contributed by atoms with Gasteiger partial charge in [0, 0.05) is 13.5 Å². The number of amides is 2. The molecule has 2 aromatic carbocycles. The molecule has 6 heteroatoms. The Kier molecular flexibility index (Phi) is 5.41. The van der Waals surface area contributed by atoms with E-state index in [-0.39, 0.29) is 12.1 Å². The fourth-order valence-electron chi connectivity index (χ4n) is 2.79. The van der Waals surface area contributed by atoms with Gasteiger partial charge in [-0.2, -0.15) is 0 Å². The molecule has 0 aliphatic carbocycles. The number of aryl methyl sites for hydroxylation is 1. The summed E-state index contributed by atoms with van der Waals surface area (Å²) in [6, 6.07) is 15.3. The molecule has 0 fully saturated rings. The van der Waals surface area contributed by atoms with Crippen LogP contribution in [0.1, 0.15) is 17.5 Å². The number of rotatable bonds is 5. The van der Waals surface area contributed by atoms with Crippen molar-refractivity contribution in [1.82, 2.24) is 4.90 Å². The van der Waals surface area contributed by atoms with Crippen LogP contribution in [0.5, 0.6) is 5.75 Å². The number of hydrogen-bond donors (Lipinski definition) is 1. The summed E-state index contributed by atoms with van der Waals surface area (Å²) in [4.78, 5) is 19.5. The molecule has 2 aromatic rings. The molecule has 1 unspecified atom stereocenters. The van der Waals surface area contributed by atoms with Crippen molar-refractivity contribution < 1.29 is 14.4 Å². The van der Waals surface area contributed by atoms with E-state index in [1.54, 1.807) is 31.2 Å². The van der Waals surface area contributed by atoms with Gasteiger partial charge in [-0.1, -0.05) is 47.1 Å². The van der Waals surface area contributed by atoms with Gasteiger partial charge in [0.05, 0.1) is 25.1 Å². The van der Waals surface area contributed by atoms with E-state index in [9.17, 15) is 4.79 Å². The number of benzene rings is 2. The van der Waals surface area contributed by atoms with Crippen molar-refractivity contribution in [2.75, 3.05) is 26.0 Å². The van der Waals surface area contributed by atoms with Crippen molar-refractivity contribution in [2.24, 2.45) is 5.16 Å². The predicted octanol–water partition coefficient (Wildman–Crippen LogP) is 3.66. The van der Waals surface area contributed by atoms with Gasteiger partial charge in [-0.15, -0.1) is 0 Å². The summed E-state index contributed by atoms with van der Waals surface area (Å²) in [7, 11) is 3.31. The van der Waals surface area contributed by atoms with Gasteiger partial charge < -0.3 is 19.8 Å². The van der Waals surface area contributed by atoms with E-state index in [0.717, 1.165) is 11.3 Å². The molecule has 0 spiro atoms. The molecule has 1 atom stereocenters. The molecule has 0 saturated carbocycles. The number of urea groups is 1. The summed E-state index contributed by atoms with van der Waals surface area (Å²) in [5, 5.41) is 7.03. The SMILES string of the molecule is COc1ccccc1NC(=O)N(C)CC1CC(c2ccc(C)cc2)=NO1. The van der Waals surface area contributed by atoms with Crippen LogP contribution in [-0.2, 0) is 4.84 Å². The van der Waals surface area contributed by atoms with Gasteiger partial charge in [0.15, 0.2) is 6.10 Å². The van der Waals surface area contributed by atoms with Crippen molar-refractivity contribution in [3.63, 3.8) is 0 Å². The van der Waals surface area contributed by atoms with E-state index in [4.69, 9.17) is 9.57 Å². The second kappa shape index (κ2) is 7.91. The number of likely N-dealkylation sites (N-methyl/N-ethyl adjacent to an activating group) is 1. The van der Waals surface area contributed by atoms with E-state index in [0.29, 0.717) is 24.4 Å². The Hall–Kier alpha value is -3.02. The Labute approximate surface area is 153 Å². The first-order valence-electron chi connectivity index (χ1n) is 8.51. The summed E-state index contributed by atoms with van der Waals surface area (Å²) in [6.07, 6.45) is 0.523. The van der Waals surface area contributed by atoms with Gasteiger partial charge in [0.1, 0.15) is 5.75 Å². The van der Waals surface area contributed by atoms with Gasteiger partial charge in [0.25, 0.3) is 0 Å². The minimum Gasteiger partial charge on any atom is -0.495 e. The van der Waals surface area contributed by atoms with E-state index in [1.807, 2.05) is 24.3 Å². The van der Waals surface area contributed by atoms with Crippen LogP contribution in [-0.4, -0.2) is 43.4 Å². The third-order valence-corrected chi connectivity index (χ3v) is 4.29. The number of methoxy groups -OCH3 is 1. The highest BCUT2D eigenvalue weighted by Gasteiger charge is 2.25. The number of anilines is 1. The van der Waals surface area contributed by atoms with Gasteiger partial charge in [-0.3, -0.25) is 0 Å². The molecule has 1 aliphatic rings. The van der Waals surface area contributed by atoms with Crippen molar-refractivity contribution in [3.8, 4) is 5.75 Å². The summed E-state index contributed by atoms with van der Waals surface area (Å²) >= 11 is 0. The Morgan fingerprint density at radius 3 is 2.73 bits per heavy atom. The number of hydrogen-bond acceptors (Lipinski definition) is 4. The lowest BCUT2D eigenvalue weighted by Gasteiger charge is -2.21. The second-order valence-electron chi connectivity index (χ2n) is 6.35. The first kappa shape index (κ1) is 17.8. The Balaban J connectivity index is 1.54. The van der Waals surface area contributed by atoms with Gasteiger partial charge >= 0.3 is 6.03 Å². The number of carbonyl (C=O) groups is 1. The van der Waals surface area contributed by atoms with Crippen LogP contribution in [0.25, 0.3) is 0 Å². The Morgan fingerprint density at radius 1 is 1.27 bits per heavy atom. The third kappa shape index (κ3) is 4.14. The molecule has 1 heterocycles. The van der Waals surface area contributed by atoms with Crippen LogP contribution in [0.2, 0.25) is 0 Å². The fourth-order valence-corrected chi connectivity index (χ4v) is 2.79. The zero-order valence-electron chi connectivity index (χ0n) is 15.2. The molecular weight excluding hydrogens is 330 g/mol. The highest BCUT2D eigenvalue weighted by molar-refractivity contribution is 6.01. The Morgan fingerprint density at radius 2 is 2.00 bits per heavy atom. The number of nitrogens with one attached hydrogen (secondary N) is 1. The lowest BCUT2D eigenvalue weighted by molar-refractivity contribution is 0.0672. The highest BCUT2D eigenvalue weighted by atomic mass is 16.6. The number of nitrogens with zero attached hydrogens (tertiary/aromatic N) is 2. The van der Waals surface area contributed by atoms with Gasteiger partial charge in [-0.05, 0) is 24.6 Å². The molecule has 0 bridgehead atoms. The van der Waals surface area contributed by atoms with E-state index < -0.39 is 0 Å². The van der Waals surface area contributed by atoms with Crippen LogP contribution in [0.15, 0.2) is 53.7 Å². The summed E-state index contributed by atoms with van der Waals surface area (Å²) < 4.78 is 5.25. The maximum atomic E-state index is 12.4. The molecule has 26 heavy (non-hydrogen) atoms. The first-order valence-corrected chi connectivity index (χ1v) is 8.51. The normalized spacial score (nSPS) is 15.8. The van der Waals surface area contributed by atoms with Crippen LogP contribution < -0.4 is 10.1 Å². The minimum atomic E-state index is -0.220. The highest BCUT2D eigenvalue weighted by Crippen LogP contribution is 2.23. The first-order chi connectivity index (χ1) is 12.6. The predicted molar refractivity (Wildman–Crippen MR) is 102 cm³/mol. The molecule has 0 radical (unpaired) electrons. The van der Waals surface area contributed by atoms with Crippen LogP contribution in [0.4, 0.5) is 10.5 Å². The summed E-state index contributed by atoms with van der Waals surface area (Å²) in [5.74, 6) is 0.622. The molecule has 6 nitrogen and oxygen atoms in total. The Bertz CT molecular complexity index is 802. The van der Waals surface area contributed by atoms with E-state index >= 15 is 0 Å². The minimum absolute atomic E-state index is 0.153. The van der Waals surface area contributed by atoms with Crippen molar-refractivity contribution >= 4 is 17.4 Å². The number of oxime groups is 1. The second-order valence-corrected chi connectivity index (χ2v) is 6.35. The average Bonchev–Trinajstić information content (AvgIpc) is 3.11. The summed E-state index contributed by atoms with van der Waals surface area (Å²) in [6.45, 7) is 2.49. The molecular formula is C20H23N3O3. The van der Waals surface area contributed by atoms with Crippen molar-refractivity contribution in [2.45, 2.75) is 19.4 Å². The number of ether oxygens (including phenoxy) is 1. The maximum Gasteiger partial charge on any atom is 0.321 e.